The van der Waals surface area contributed by atoms with Crippen LogP contribution < -0.4 is 10.1 Å². The van der Waals surface area contributed by atoms with Crippen LogP contribution in [0.1, 0.15) is 5.56 Å². The van der Waals surface area contributed by atoms with Crippen LogP contribution in [-0.2, 0) is 0 Å². The van der Waals surface area contributed by atoms with Crippen LogP contribution in [0, 0.1) is 0 Å². The molecule has 0 N–H and O–H groups in total. The Labute approximate surface area is 139 Å². The molecule has 0 bridgehead atoms. The van der Waals surface area contributed by atoms with Gasteiger partial charge < -0.3 is 0 Å². The Bertz CT molecular complexity index is 1090. The van der Waals surface area contributed by atoms with Gasteiger partial charge in [0, 0.05) is 23.0 Å². The third-order valence-corrected chi connectivity index (χ3v) is 4.48. The van der Waals surface area contributed by atoms with Crippen molar-refractivity contribution in [3.8, 4) is 11.4 Å². The molecule has 3 heterocycles. The van der Waals surface area contributed by atoms with Crippen molar-refractivity contribution in [2.24, 2.45) is 0 Å². The van der Waals surface area contributed by atoms with Crippen molar-refractivity contribution in [3.63, 3.8) is 0 Å². The predicted octanol–water partition coefficient (Wildman–Crippen LogP) is 2.41. The number of fused-ring (bicyclic) bond motifs is 1. The van der Waals surface area contributed by atoms with E-state index in [0.717, 1.165) is 11.1 Å². The molecule has 4 aromatic rings. The number of benzene rings is 1. The second-order valence-corrected chi connectivity index (χ2v) is 6.28. The van der Waals surface area contributed by atoms with Gasteiger partial charge in [-0.3, -0.25) is 9.78 Å². The van der Waals surface area contributed by atoms with Crippen molar-refractivity contribution in [3.05, 3.63) is 74.3 Å². The summed E-state index contributed by atoms with van der Waals surface area (Å²) in [7, 11) is 0. The molecule has 3 aromatic heterocycles. The average Bonchev–Trinajstić information content (AvgIpc) is 3.11. The topological polar surface area (TPSA) is 60.2 Å². The number of hydrogen-bond donors (Lipinski definition) is 0. The highest BCUT2D eigenvalue weighted by Crippen LogP contribution is 2.15. The van der Waals surface area contributed by atoms with Crippen LogP contribution in [-0.4, -0.2) is 19.6 Å². The Morgan fingerprint density at radius 3 is 2.70 bits per heavy atom. The van der Waals surface area contributed by atoms with Crippen molar-refractivity contribution in [1.29, 1.82) is 0 Å². The summed E-state index contributed by atoms with van der Waals surface area (Å²) >= 11 is 7.17. The first-order valence-electron chi connectivity index (χ1n) is 6.78. The smallest absolute Gasteiger partial charge is 0.266 e. The molecule has 4 rings (SSSR count). The number of nitrogens with zero attached hydrogens (tertiary/aromatic N) is 4. The Hall–Kier alpha value is -2.57. The molecule has 0 fully saturated rings. The quantitative estimate of drug-likeness (QED) is 0.562. The lowest BCUT2D eigenvalue weighted by molar-refractivity contribution is 0.936. The third-order valence-electron chi connectivity index (χ3n) is 3.27. The summed E-state index contributed by atoms with van der Waals surface area (Å²) in [6.07, 6.45) is 5.16. The molecule has 0 amide bonds. The zero-order valence-electron chi connectivity index (χ0n) is 11.7. The highest BCUT2D eigenvalue weighted by atomic mass is 35.5. The lowest BCUT2D eigenvalue weighted by Gasteiger charge is -1.91. The Balaban J connectivity index is 1.82. The first-order valence-corrected chi connectivity index (χ1v) is 7.97. The van der Waals surface area contributed by atoms with E-state index in [4.69, 9.17) is 11.6 Å². The molecular formula is C16H9ClN4OS. The molecule has 1 aromatic carbocycles. The maximum absolute atomic E-state index is 12.4. The fourth-order valence-electron chi connectivity index (χ4n) is 2.16. The highest BCUT2D eigenvalue weighted by Gasteiger charge is 2.11. The molecule has 0 aliphatic carbocycles. The second kappa shape index (κ2) is 5.57. The molecule has 0 saturated heterocycles. The van der Waals surface area contributed by atoms with Gasteiger partial charge in [0.05, 0.1) is 4.53 Å². The van der Waals surface area contributed by atoms with Crippen LogP contribution >= 0.6 is 22.9 Å². The summed E-state index contributed by atoms with van der Waals surface area (Å²) in [6.45, 7) is 0. The van der Waals surface area contributed by atoms with Gasteiger partial charge in [0.2, 0.25) is 4.96 Å². The van der Waals surface area contributed by atoms with Gasteiger partial charge in [-0.05, 0) is 35.9 Å². The van der Waals surface area contributed by atoms with Gasteiger partial charge >= 0.3 is 0 Å². The molecule has 0 unspecified atom stereocenters. The lowest BCUT2D eigenvalue weighted by Crippen LogP contribution is -2.23. The molecule has 23 heavy (non-hydrogen) atoms. The normalized spacial score (nSPS) is 12.1. The predicted molar refractivity (Wildman–Crippen MR) is 90.6 cm³/mol. The SMILES string of the molecule is O=c1c(=Cc2ccc(Cl)cc2)sc2nc(-c3cccnc3)nn12. The first kappa shape index (κ1) is 14.0. The summed E-state index contributed by atoms with van der Waals surface area (Å²) in [5.41, 5.74) is 1.51. The van der Waals surface area contributed by atoms with E-state index in [1.807, 2.05) is 30.3 Å². The fraction of sp³-hybridized carbons (Fsp3) is 0. The molecule has 5 nitrogen and oxygen atoms in total. The Morgan fingerprint density at radius 1 is 1.17 bits per heavy atom. The molecule has 0 aliphatic heterocycles. The van der Waals surface area contributed by atoms with E-state index in [1.165, 1.54) is 15.9 Å². The van der Waals surface area contributed by atoms with Gasteiger partial charge in [0.15, 0.2) is 5.82 Å². The van der Waals surface area contributed by atoms with Crippen molar-refractivity contribution >= 4 is 34.0 Å². The number of thiazole rings is 1. The zero-order chi connectivity index (χ0) is 15.8. The summed E-state index contributed by atoms with van der Waals surface area (Å²) in [6, 6.07) is 11.0. The number of aromatic nitrogens is 4. The minimum atomic E-state index is -0.178. The number of hydrogen-bond acceptors (Lipinski definition) is 5. The Morgan fingerprint density at radius 2 is 2.00 bits per heavy atom. The monoisotopic (exact) mass is 340 g/mol. The molecule has 0 saturated carbocycles. The van der Waals surface area contributed by atoms with Gasteiger partial charge in [-0.1, -0.05) is 35.1 Å². The molecule has 7 heteroatoms. The Kier molecular flexibility index (Phi) is 3.40. The van der Waals surface area contributed by atoms with Crippen LogP contribution in [0.5, 0.6) is 0 Å². The van der Waals surface area contributed by atoms with Gasteiger partial charge in [-0.25, -0.2) is 0 Å². The van der Waals surface area contributed by atoms with Crippen LogP contribution in [0.2, 0.25) is 5.02 Å². The standard InChI is InChI=1S/C16H9ClN4OS/c17-12-5-3-10(4-6-12)8-13-15(22)21-16(23-13)19-14(20-21)11-2-1-7-18-9-11/h1-9H. The lowest BCUT2D eigenvalue weighted by atomic mass is 10.2. The van der Waals surface area contributed by atoms with Crippen molar-refractivity contribution < 1.29 is 0 Å². The minimum absolute atomic E-state index is 0.178. The summed E-state index contributed by atoms with van der Waals surface area (Å²) < 4.78 is 1.91. The van der Waals surface area contributed by atoms with E-state index in [1.54, 1.807) is 24.5 Å². The summed E-state index contributed by atoms with van der Waals surface area (Å²) in [5, 5.41) is 4.94. The van der Waals surface area contributed by atoms with E-state index in [-0.39, 0.29) is 5.56 Å². The van der Waals surface area contributed by atoms with E-state index in [2.05, 4.69) is 15.1 Å². The minimum Gasteiger partial charge on any atom is -0.266 e. The number of pyridine rings is 1. The number of rotatable bonds is 2. The highest BCUT2D eigenvalue weighted by molar-refractivity contribution is 7.15. The van der Waals surface area contributed by atoms with E-state index < -0.39 is 0 Å². The molecular weight excluding hydrogens is 332 g/mol. The van der Waals surface area contributed by atoms with Gasteiger partial charge in [-0.15, -0.1) is 5.10 Å². The average molecular weight is 341 g/mol. The van der Waals surface area contributed by atoms with Crippen LogP contribution in [0.25, 0.3) is 22.4 Å². The van der Waals surface area contributed by atoms with Crippen molar-refractivity contribution in [1.82, 2.24) is 19.6 Å². The first-order chi connectivity index (χ1) is 11.2. The van der Waals surface area contributed by atoms with Crippen molar-refractivity contribution in [2.75, 3.05) is 0 Å². The fourth-order valence-corrected chi connectivity index (χ4v) is 3.20. The third kappa shape index (κ3) is 2.62. The largest absolute Gasteiger partial charge is 0.291 e. The van der Waals surface area contributed by atoms with Gasteiger partial charge in [0.1, 0.15) is 0 Å². The molecule has 0 spiro atoms. The van der Waals surface area contributed by atoms with Gasteiger partial charge in [-0.2, -0.15) is 9.50 Å². The van der Waals surface area contributed by atoms with Gasteiger partial charge in [0.25, 0.3) is 5.56 Å². The summed E-state index contributed by atoms with van der Waals surface area (Å²) in [5.74, 6) is 0.500. The van der Waals surface area contributed by atoms with E-state index >= 15 is 0 Å². The molecule has 0 radical (unpaired) electrons. The maximum atomic E-state index is 12.4. The maximum Gasteiger partial charge on any atom is 0.291 e. The zero-order valence-corrected chi connectivity index (χ0v) is 13.3. The molecule has 112 valence electrons. The van der Waals surface area contributed by atoms with Crippen LogP contribution in [0.15, 0.2) is 53.6 Å². The van der Waals surface area contributed by atoms with E-state index in [0.29, 0.717) is 20.3 Å². The van der Waals surface area contributed by atoms with E-state index in [9.17, 15) is 4.79 Å². The van der Waals surface area contributed by atoms with Crippen LogP contribution in [0.3, 0.4) is 0 Å². The van der Waals surface area contributed by atoms with Crippen molar-refractivity contribution in [2.45, 2.75) is 0 Å². The second-order valence-electron chi connectivity index (χ2n) is 4.84. The molecule has 0 atom stereocenters. The van der Waals surface area contributed by atoms with Crippen LogP contribution in [0.4, 0.5) is 0 Å². The summed E-state index contributed by atoms with van der Waals surface area (Å²) in [4.78, 5) is 21.5. The molecule has 0 aliphatic rings. The number of halogens is 1.